The van der Waals surface area contributed by atoms with Crippen LogP contribution in [0.5, 0.6) is 0 Å². The van der Waals surface area contributed by atoms with E-state index in [1.54, 1.807) is 12.1 Å². The average Bonchev–Trinajstić information content (AvgIpc) is 2.61. The molecule has 2 rings (SSSR count). The van der Waals surface area contributed by atoms with E-state index in [9.17, 15) is 22.6 Å². The zero-order chi connectivity index (χ0) is 20.4. The van der Waals surface area contributed by atoms with Crippen molar-refractivity contribution >= 4 is 27.7 Å². The summed E-state index contributed by atoms with van der Waals surface area (Å²) in [5.74, 6) is -1.32. The molecule has 0 radical (unpaired) electrons. The number of benzene rings is 2. The number of hydrogen-bond acceptors (Lipinski definition) is 6. The molecule has 0 aliphatic heterocycles. The first-order valence-electron chi connectivity index (χ1n) is 7.61. The number of nitrogens with one attached hydrogen (secondary N) is 1. The summed E-state index contributed by atoms with van der Waals surface area (Å²) >= 11 is 0. The first kappa shape index (κ1) is 21.8. The Hall–Kier alpha value is -3.29. The predicted octanol–water partition coefficient (Wildman–Crippen LogP) is 2.27. The Morgan fingerprint density at radius 1 is 1.11 bits per heavy atom. The highest BCUT2D eigenvalue weighted by atomic mass is 32.2. The summed E-state index contributed by atoms with van der Waals surface area (Å²) in [6.07, 6.45) is -0.115. The second-order valence-electron chi connectivity index (χ2n) is 5.31. The van der Waals surface area contributed by atoms with Gasteiger partial charge in [0.05, 0.1) is 11.3 Å². The number of diazo groups is 1. The van der Waals surface area contributed by atoms with Gasteiger partial charge in [0, 0.05) is 24.2 Å². The summed E-state index contributed by atoms with van der Waals surface area (Å²) in [6.45, 7) is 1.90. The third kappa shape index (κ3) is 8.08. The van der Waals surface area contributed by atoms with E-state index < -0.39 is 16.1 Å². The Kier molecular flexibility index (Phi) is 8.06. The Bertz CT molecular complexity index is 932. The molecule has 2 aromatic carbocycles. The smallest absolute Gasteiger partial charge is 0.385 e. The van der Waals surface area contributed by atoms with Crippen LogP contribution in [0.25, 0.3) is 4.98 Å². The topological polar surface area (TPSA) is 152 Å². The maximum absolute atomic E-state index is 11.4. The minimum Gasteiger partial charge on any atom is -0.744 e. The molecule has 27 heavy (non-hydrogen) atoms. The summed E-state index contributed by atoms with van der Waals surface area (Å²) < 4.78 is 31.2. The second kappa shape index (κ2) is 10.0. The van der Waals surface area contributed by atoms with Crippen LogP contribution in [-0.4, -0.2) is 36.5 Å². The second-order valence-corrected chi connectivity index (χ2v) is 6.69. The number of aliphatic carboxylic acids is 1. The van der Waals surface area contributed by atoms with E-state index in [0.717, 1.165) is 5.56 Å². The zero-order valence-electron chi connectivity index (χ0n) is 14.3. The lowest BCUT2D eigenvalue weighted by Crippen LogP contribution is -2.25. The Balaban J connectivity index is 0.000000289. The molecule has 0 heterocycles. The Labute approximate surface area is 156 Å². The van der Waals surface area contributed by atoms with Gasteiger partial charge in [0.1, 0.15) is 10.1 Å². The molecule has 0 unspecified atom stereocenters. The van der Waals surface area contributed by atoms with Gasteiger partial charge in [0.2, 0.25) is 5.39 Å². The van der Waals surface area contributed by atoms with Gasteiger partial charge >= 0.3 is 11.7 Å². The van der Waals surface area contributed by atoms with Gasteiger partial charge in [-0.05, 0) is 31.2 Å². The maximum atomic E-state index is 11.4. The number of carbonyl (C=O) groups is 2. The number of aryl methyl sites for hydroxylation is 1. The van der Waals surface area contributed by atoms with E-state index >= 15 is 0 Å². The molecule has 10 heteroatoms. The van der Waals surface area contributed by atoms with Crippen molar-refractivity contribution in [3.05, 3.63) is 64.6 Å². The quantitative estimate of drug-likeness (QED) is 0.586. The van der Waals surface area contributed by atoms with Gasteiger partial charge in [-0.25, -0.2) is 8.42 Å². The van der Waals surface area contributed by atoms with Gasteiger partial charge in [0.15, 0.2) is 4.98 Å². The van der Waals surface area contributed by atoms with Gasteiger partial charge in [-0.2, -0.15) is 0 Å². The molecule has 0 aliphatic carbocycles. The molecule has 0 spiro atoms. The van der Waals surface area contributed by atoms with Crippen molar-refractivity contribution in [1.29, 1.82) is 5.39 Å². The van der Waals surface area contributed by atoms with Crippen LogP contribution in [-0.2, 0) is 14.9 Å². The Morgan fingerprint density at radius 3 is 2.11 bits per heavy atom. The first-order valence-corrected chi connectivity index (χ1v) is 9.02. The zero-order valence-corrected chi connectivity index (χ0v) is 15.1. The largest absolute Gasteiger partial charge is 0.744 e. The molecule has 0 atom stereocenters. The van der Waals surface area contributed by atoms with E-state index in [0.29, 0.717) is 11.3 Å². The molecule has 1 amide bonds. The normalized spacial score (nSPS) is 10.1. The molecule has 0 saturated heterocycles. The lowest BCUT2D eigenvalue weighted by atomic mass is 10.2. The van der Waals surface area contributed by atoms with Gasteiger partial charge in [-0.15, -0.1) is 0 Å². The van der Waals surface area contributed by atoms with Crippen molar-refractivity contribution < 1.29 is 27.7 Å². The lowest BCUT2D eigenvalue weighted by molar-refractivity contribution is -0.136. The van der Waals surface area contributed by atoms with E-state index in [1.165, 1.54) is 36.4 Å². The highest BCUT2D eigenvalue weighted by Crippen LogP contribution is 2.12. The van der Waals surface area contributed by atoms with E-state index in [2.05, 4.69) is 10.3 Å². The van der Waals surface area contributed by atoms with Crippen LogP contribution in [0, 0.1) is 12.3 Å². The molecule has 0 fully saturated rings. The predicted molar refractivity (Wildman–Crippen MR) is 94.9 cm³/mol. The van der Waals surface area contributed by atoms with Crippen LogP contribution in [0.4, 0.5) is 5.69 Å². The van der Waals surface area contributed by atoms with E-state index in [1.807, 2.05) is 6.92 Å². The number of carbonyl (C=O) groups excluding carboxylic acids is 1. The van der Waals surface area contributed by atoms with Gasteiger partial charge < -0.3 is 15.0 Å². The van der Waals surface area contributed by atoms with Crippen molar-refractivity contribution in [2.24, 2.45) is 0 Å². The van der Waals surface area contributed by atoms with Crippen molar-refractivity contribution in [2.75, 3.05) is 6.54 Å². The molecule has 0 saturated carbocycles. The lowest BCUT2D eigenvalue weighted by Gasteiger charge is -2.05. The first-order chi connectivity index (χ1) is 12.6. The average molecular weight is 391 g/mol. The van der Waals surface area contributed by atoms with Crippen LogP contribution >= 0.6 is 0 Å². The number of rotatable bonds is 5. The third-order valence-electron chi connectivity index (χ3n) is 3.18. The Morgan fingerprint density at radius 2 is 1.67 bits per heavy atom. The van der Waals surface area contributed by atoms with Gasteiger partial charge in [0.25, 0.3) is 5.91 Å². The number of hydrogen-bond donors (Lipinski definition) is 2. The third-order valence-corrected chi connectivity index (χ3v) is 4.03. The highest BCUT2D eigenvalue weighted by molar-refractivity contribution is 7.85. The minimum absolute atomic E-state index is 0.0836. The number of carboxylic acids is 1. The molecule has 9 nitrogen and oxygen atoms in total. The van der Waals surface area contributed by atoms with Crippen molar-refractivity contribution in [3.63, 3.8) is 0 Å². The highest BCUT2D eigenvalue weighted by Gasteiger charge is 2.08. The number of carboxylic acid groups (broad SMARTS) is 1. The molecule has 0 aromatic heterocycles. The molecule has 142 valence electrons. The fourth-order valence-electron chi connectivity index (χ4n) is 1.77. The summed E-state index contributed by atoms with van der Waals surface area (Å²) in [5.41, 5.74) is 1.66. The van der Waals surface area contributed by atoms with Crippen molar-refractivity contribution in [1.82, 2.24) is 5.32 Å². The van der Waals surface area contributed by atoms with Gasteiger partial charge in [-0.3, -0.25) is 9.59 Å². The van der Waals surface area contributed by atoms with E-state index in [-0.39, 0.29) is 23.8 Å². The fraction of sp³-hybridized carbons (Fsp3) is 0.176. The van der Waals surface area contributed by atoms with Crippen molar-refractivity contribution in [2.45, 2.75) is 18.2 Å². The summed E-state index contributed by atoms with van der Waals surface area (Å²) in [6, 6.07) is 11.7. The number of nitrogens with zero attached hydrogens (tertiary/aromatic N) is 2. The van der Waals surface area contributed by atoms with Crippen LogP contribution < -0.4 is 5.32 Å². The summed E-state index contributed by atoms with van der Waals surface area (Å²) in [4.78, 5) is 24.4. The van der Waals surface area contributed by atoms with Gasteiger partial charge in [-0.1, -0.05) is 17.7 Å². The molecule has 0 aliphatic rings. The summed E-state index contributed by atoms with van der Waals surface area (Å²) in [7, 11) is -4.27. The maximum Gasteiger partial charge on any atom is 0.385 e. The SMILES string of the molecule is Cc1ccc(S(=O)(=O)[O-])cc1.N#[N+]c1ccc(C(=O)NCCC(=O)O)cc1. The minimum atomic E-state index is -4.27. The van der Waals surface area contributed by atoms with Crippen LogP contribution in [0.3, 0.4) is 0 Å². The molecule has 2 aromatic rings. The molecule has 0 bridgehead atoms. The van der Waals surface area contributed by atoms with Crippen molar-refractivity contribution in [3.8, 4) is 0 Å². The van der Waals surface area contributed by atoms with Crippen LogP contribution in [0.15, 0.2) is 53.4 Å². The monoisotopic (exact) mass is 391 g/mol. The molecular weight excluding hydrogens is 374 g/mol. The van der Waals surface area contributed by atoms with E-state index in [4.69, 9.17) is 10.5 Å². The fourth-order valence-corrected chi connectivity index (χ4v) is 2.24. The van der Waals surface area contributed by atoms with Crippen LogP contribution in [0.1, 0.15) is 22.3 Å². The number of amides is 1. The molecular formula is C17H17N3O6S. The summed E-state index contributed by atoms with van der Waals surface area (Å²) in [5, 5.41) is 19.3. The van der Waals surface area contributed by atoms with Crippen LogP contribution in [0.2, 0.25) is 0 Å². The molecule has 2 N–H and O–H groups in total. The standard InChI is InChI=1S/C10H9N3O3.C7H8O3S/c11-13-8-3-1-7(2-4-8)10(16)12-6-5-9(14)15;1-6-2-4-7(5-3-6)11(8,9)10/h1-4H,5-6H2,(H-,12,14,15,16);2-5H,1H3,(H,8,9,10).